The first-order valence-electron chi connectivity index (χ1n) is 3.17. The molecule has 1 amide bonds. The molecule has 0 spiro atoms. The highest BCUT2D eigenvalue weighted by Gasteiger charge is 2.24. The predicted molar refractivity (Wildman–Crippen MR) is 41.7 cm³/mol. The molecular weight excluding hydrogens is 202 g/mol. The molecule has 0 saturated heterocycles. The van der Waals surface area contributed by atoms with E-state index in [1.165, 1.54) is 0 Å². The number of carboxylic acids is 1. The van der Waals surface area contributed by atoms with Gasteiger partial charge in [0.1, 0.15) is 11.8 Å². The molecule has 0 heterocycles. The summed E-state index contributed by atoms with van der Waals surface area (Å²) in [6.45, 7) is 1.04. The maximum atomic E-state index is 10.4. The standard InChI is InChI=1S/C5H9NO6S/c1-3(7)6-4(5(8)9)2-13(10,11)12/h4H,2H2,1H3,(H,6,7)(H,8,9)(H,10,11,12). The topological polar surface area (TPSA) is 121 Å². The van der Waals surface area contributed by atoms with E-state index in [2.05, 4.69) is 0 Å². The minimum Gasteiger partial charge on any atom is -0.480 e. The van der Waals surface area contributed by atoms with E-state index in [-0.39, 0.29) is 0 Å². The second-order valence-corrected chi connectivity index (χ2v) is 3.84. The lowest BCUT2D eigenvalue weighted by atomic mass is 10.3. The molecule has 0 aromatic rings. The van der Waals surface area contributed by atoms with Crippen molar-refractivity contribution >= 4 is 22.0 Å². The fourth-order valence-corrected chi connectivity index (χ4v) is 1.28. The molecule has 13 heavy (non-hydrogen) atoms. The number of aliphatic carboxylic acids is 1. The minimum atomic E-state index is -4.41. The first kappa shape index (κ1) is 11.8. The molecule has 0 aliphatic rings. The second kappa shape index (κ2) is 4.19. The summed E-state index contributed by atoms with van der Waals surface area (Å²) in [4.78, 5) is 20.7. The summed E-state index contributed by atoms with van der Waals surface area (Å²) < 4.78 is 28.8. The smallest absolute Gasteiger partial charge is 0.327 e. The summed E-state index contributed by atoms with van der Waals surface area (Å²) in [6.07, 6.45) is 0. The number of carboxylic acid groups (broad SMARTS) is 1. The van der Waals surface area contributed by atoms with Gasteiger partial charge in [-0.1, -0.05) is 0 Å². The van der Waals surface area contributed by atoms with E-state index in [1.54, 1.807) is 0 Å². The number of hydrogen-bond donors (Lipinski definition) is 3. The highest BCUT2D eigenvalue weighted by molar-refractivity contribution is 7.85. The zero-order valence-electron chi connectivity index (χ0n) is 6.72. The van der Waals surface area contributed by atoms with Gasteiger partial charge in [-0.25, -0.2) is 4.79 Å². The van der Waals surface area contributed by atoms with E-state index in [9.17, 15) is 18.0 Å². The first-order valence-corrected chi connectivity index (χ1v) is 4.78. The zero-order valence-corrected chi connectivity index (χ0v) is 7.54. The van der Waals surface area contributed by atoms with Gasteiger partial charge in [0.2, 0.25) is 5.91 Å². The van der Waals surface area contributed by atoms with Gasteiger partial charge in [0.25, 0.3) is 10.1 Å². The van der Waals surface area contributed by atoms with Gasteiger partial charge < -0.3 is 10.4 Å². The summed E-state index contributed by atoms with van der Waals surface area (Å²) >= 11 is 0. The molecule has 0 saturated carbocycles. The van der Waals surface area contributed by atoms with Crippen molar-refractivity contribution in [3.63, 3.8) is 0 Å². The van der Waals surface area contributed by atoms with Gasteiger partial charge in [-0.05, 0) is 0 Å². The maximum absolute atomic E-state index is 10.4. The molecule has 0 aliphatic carbocycles. The Morgan fingerprint density at radius 2 is 1.92 bits per heavy atom. The number of rotatable bonds is 4. The van der Waals surface area contributed by atoms with E-state index in [0.29, 0.717) is 0 Å². The van der Waals surface area contributed by atoms with Gasteiger partial charge in [0.15, 0.2) is 0 Å². The van der Waals surface area contributed by atoms with E-state index < -0.39 is 33.8 Å². The maximum Gasteiger partial charge on any atom is 0.327 e. The van der Waals surface area contributed by atoms with Gasteiger partial charge in [-0.2, -0.15) is 8.42 Å². The average Bonchev–Trinajstić information content (AvgIpc) is 1.81. The molecule has 0 aliphatic heterocycles. The van der Waals surface area contributed by atoms with Crippen molar-refractivity contribution in [3.05, 3.63) is 0 Å². The lowest BCUT2D eigenvalue weighted by molar-refractivity contribution is -0.140. The van der Waals surface area contributed by atoms with Crippen LogP contribution in [0.15, 0.2) is 0 Å². The van der Waals surface area contributed by atoms with Crippen LogP contribution in [0.4, 0.5) is 0 Å². The molecule has 76 valence electrons. The van der Waals surface area contributed by atoms with E-state index in [1.807, 2.05) is 5.32 Å². The number of carbonyl (C=O) groups is 2. The molecule has 8 heteroatoms. The highest BCUT2D eigenvalue weighted by atomic mass is 32.2. The fraction of sp³-hybridized carbons (Fsp3) is 0.600. The average molecular weight is 211 g/mol. The summed E-state index contributed by atoms with van der Waals surface area (Å²) in [6, 6.07) is -1.62. The van der Waals surface area contributed by atoms with Crippen LogP contribution in [-0.4, -0.2) is 41.7 Å². The predicted octanol–water partition coefficient (Wildman–Crippen LogP) is -1.54. The van der Waals surface area contributed by atoms with Crippen molar-refractivity contribution in [1.82, 2.24) is 5.32 Å². The molecule has 0 rings (SSSR count). The second-order valence-electron chi connectivity index (χ2n) is 2.34. The Morgan fingerprint density at radius 1 is 1.46 bits per heavy atom. The van der Waals surface area contributed by atoms with Gasteiger partial charge in [-0.15, -0.1) is 0 Å². The van der Waals surface area contributed by atoms with Crippen molar-refractivity contribution in [2.75, 3.05) is 5.75 Å². The van der Waals surface area contributed by atoms with Crippen molar-refractivity contribution in [3.8, 4) is 0 Å². The van der Waals surface area contributed by atoms with Crippen molar-refractivity contribution in [2.24, 2.45) is 0 Å². The lowest BCUT2D eigenvalue weighted by Crippen LogP contribution is -2.44. The molecule has 1 unspecified atom stereocenters. The van der Waals surface area contributed by atoms with Crippen molar-refractivity contribution in [1.29, 1.82) is 0 Å². The summed E-state index contributed by atoms with van der Waals surface area (Å²) in [5, 5.41) is 10.3. The quantitative estimate of drug-likeness (QED) is 0.485. The third-order valence-corrected chi connectivity index (χ3v) is 1.81. The number of amides is 1. The first-order chi connectivity index (χ1) is 5.72. The van der Waals surface area contributed by atoms with Gasteiger partial charge in [-0.3, -0.25) is 9.35 Å². The van der Waals surface area contributed by atoms with Crippen LogP contribution in [0.2, 0.25) is 0 Å². The Hall–Kier alpha value is -1.15. The van der Waals surface area contributed by atoms with Crippen LogP contribution in [0.25, 0.3) is 0 Å². The largest absolute Gasteiger partial charge is 0.480 e. The monoisotopic (exact) mass is 211 g/mol. The van der Waals surface area contributed by atoms with Gasteiger partial charge in [0, 0.05) is 6.92 Å². The van der Waals surface area contributed by atoms with Crippen LogP contribution in [0.1, 0.15) is 6.92 Å². The molecule has 7 nitrogen and oxygen atoms in total. The number of nitrogens with one attached hydrogen (secondary N) is 1. The third kappa shape index (κ3) is 6.05. The molecule has 0 radical (unpaired) electrons. The Balaban J connectivity index is 4.45. The van der Waals surface area contributed by atoms with E-state index >= 15 is 0 Å². The van der Waals surface area contributed by atoms with Crippen LogP contribution >= 0.6 is 0 Å². The van der Waals surface area contributed by atoms with Crippen LogP contribution < -0.4 is 5.32 Å². The fourth-order valence-electron chi connectivity index (χ4n) is 0.631. The van der Waals surface area contributed by atoms with Gasteiger partial charge >= 0.3 is 5.97 Å². The molecular formula is C5H9NO6S. The van der Waals surface area contributed by atoms with Crippen molar-refractivity contribution < 1.29 is 27.7 Å². The normalized spacial score (nSPS) is 13.4. The Bertz CT molecular complexity index is 307. The van der Waals surface area contributed by atoms with E-state index in [0.717, 1.165) is 6.92 Å². The van der Waals surface area contributed by atoms with Crippen LogP contribution in [-0.2, 0) is 19.7 Å². The zero-order chi connectivity index (χ0) is 10.6. The highest BCUT2D eigenvalue weighted by Crippen LogP contribution is 1.91. The summed E-state index contributed by atoms with van der Waals surface area (Å²) in [5.41, 5.74) is 0. The van der Waals surface area contributed by atoms with E-state index in [4.69, 9.17) is 9.66 Å². The third-order valence-electron chi connectivity index (χ3n) is 1.05. The summed E-state index contributed by atoms with van der Waals surface area (Å²) in [5.74, 6) is -3.24. The molecule has 0 aromatic carbocycles. The molecule has 1 atom stereocenters. The number of carbonyl (C=O) groups excluding carboxylic acids is 1. The molecule has 0 aromatic heterocycles. The molecule has 0 bridgehead atoms. The van der Waals surface area contributed by atoms with Gasteiger partial charge in [0.05, 0.1) is 0 Å². The molecule has 0 fully saturated rings. The minimum absolute atomic E-state index is 0.684. The van der Waals surface area contributed by atoms with Crippen molar-refractivity contribution in [2.45, 2.75) is 13.0 Å². The van der Waals surface area contributed by atoms with Crippen LogP contribution in [0.5, 0.6) is 0 Å². The summed E-state index contributed by atoms with van der Waals surface area (Å²) in [7, 11) is -4.41. The Kier molecular flexibility index (Phi) is 3.82. The molecule has 3 N–H and O–H groups in total. The van der Waals surface area contributed by atoms with Crippen LogP contribution in [0.3, 0.4) is 0 Å². The Labute approximate surface area is 74.5 Å². The number of hydrogen-bond acceptors (Lipinski definition) is 4. The SMILES string of the molecule is CC(=O)NC(CS(=O)(=O)O)C(=O)O. The lowest BCUT2D eigenvalue weighted by Gasteiger charge is -2.10. The Morgan fingerprint density at radius 3 is 2.15 bits per heavy atom. The van der Waals surface area contributed by atoms with Crippen LogP contribution in [0, 0.1) is 0 Å².